The van der Waals surface area contributed by atoms with Crippen molar-refractivity contribution in [1.29, 1.82) is 0 Å². The molecule has 0 spiro atoms. The third-order valence-corrected chi connectivity index (χ3v) is 4.96. The Hall–Kier alpha value is -2.97. The molecule has 1 aromatic rings. The van der Waals surface area contributed by atoms with Crippen LogP contribution in [0.2, 0.25) is 0 Å². The van der Waals surface area contributed by atoms with Crippen LogP contribution in [0, 0.1) is 0 Å². The minimum absolute atomic E-state index is 0.0308. The maximum absolute atomic E-state index is 12.0. The Labute approximate surface area is 194 Å². The minimum atomic E-state index is -1.86. The van der Waals surface area contributed by atoms with Gasteiger partial charge in [0, 0.05) is 0 Å². The Balaban J connectivity index is 2.08. The first-order valence-electron chi connectivity index (χ1n) is 10.1. The van der Waals surface area contributed by atoms with Crippen LogP contribution in [-0.2, 0) is 23.8 Å². The van der Waals surface area contributed by atoms with Crippen LogP contribution >= 0.6 is 0 Å². The first kappa shape index (κ1) is 27.3. The van der Waals surface area contributed by atoms with Gasteiger partial charge in [-0.2, -0.15) is 0 Å². The predicted molar refractivity (Wildman–Crippen MR) is 110 cm³/mol. The topological polar surface area (TPSA) is 199 Å². The number of carboxylic acid groups (broad SMARTS) is 1. The molecule has 5 N–H and O–H groups in total. The van der Waals surface area contributed by atoms with Crippen LogP contribution < -0.4 is 9.47 Å². The number of benzene rings is 1. The normalized spacial score (nSPS) is 26.1. The number of esters is 2. The Kier molecular flexibility index (Phi) is 9.18. The van der Waals surface area contributed by atoms with Gasteiger partial charge >= 0.3 is 17.9 Å². The van der Waals surface area contributed by atoms with Gasteiger partial charge in [-0.05, 0) is 25.1 Å². The lowest BCUT2D eigenvalue weighted by Crippen LogP contribution is -2.60. The van der Waals surface area contributed by atoms with Crippen molar-refractivity contribution in [1.82, 2.24) is 0 Å². The molecule has 1 heterocycles. The van der Waals surface area contributed by atoms with Crippen molar-refractivity contribution in [3.05, 3.63) is 23.8 Å². The number of carboxylic acids is 1. The summed E-state index contributed by atoms with van der Waals surface area (Å²) in [4.78, 5) is 34.4. The van der Waals surface area contributed by atoms with E-state index in [-0.39, 0.29) is 17.1 Å². The summed E-state index contributed by atoms with van der Waals surface area (Å²) in [5.41, 5.74) is -1.70. The zero-order valence-corrected chi connectivity index (χ0v) is 18.7. The van der Waals surface area contributed by atoms with E-state index in [1.165, 1.54) is 32.4 Å². The summed E-state index contributed by atoms with van der Waals surface area (Å²) < 4.78 is 25.8. The van der Waals surface area contributed by atoms with Gasteiger partial charge in [-0.1, -0.05) is 0 Å². The van der Waals surface area contributed by atoms with Gasteiger partial charge in [-0.3, -0.25) is 9.59 Å². The van der Waals surface area contributed by atoms with E-state index in [4.69, 9.17) is 24.1 Å². The van der Waals surface area contributed by atoms with E-state index >= 15 is 0 Å². The first-order chi connectivity index (χ1) is 15.9. The van der Waals surface area contributed by atoms with E-state index in [1.54, 1.807) is 0 Å². The number of rotatable bonds is 10. The molecular formula is C21H28O13. The molecule has 13 nitrogen and oxygen atoms in total. The molecule has 190 valence electrons. The fraction of sp³-hybridized carbons (Fsp3) is 0.571. The highest BCUT2D eigenvalue weighted by Gasteiger charge is 2.46. The number of carbonyl (C=O) groups excluding carboxylic acids is 2. The van der Waals surface area contributed by atoms with Crippen LogP contribution in [0.5, 0.6) is 11.5 Å². The standard InChI is InChI=1S/C21H28O13/c1-21(29,7-14(22)23)8-15(24)32-9-13-16(25)17(26)18(27)20(34-13)33-11-5-4-10(19(28)31-3)6-12(11)30-2/h4-6,13,16-18,20,25-27,29H,7-9H2,1-3H3,(H,22,23)/t13-,16-,17+,18-,20-,21+/m1/s1. The summed E-state index contributed by atoms with van der Waals surface area (Å²) in [7, 11) is 2.51. The quantitative estimate of drug-likeness (QED) is 0.247. The molecule has 2 rings (SSSR count). The van der Waals surface area contributed by atoms with Crippen molar-refractivity contribution in [3.63, 3.8) is 0 Å². The minimum Gasteiger partial charge on any atom is -0.493 e. The van der Waals surface area contributed by atoms with E-state index in [2.05, 4.69) is 4.74 Å². The molecule has 1 fully saturated rings. The number of aliphatic carboxylic acids is 1. The average molecular weight is 488 g/mol. The summed E-state index contributed by atoms with van der Waals surface area (Å²) in [6.45, 7) is 0.558. The zero-order chi connectivity index (χ0) is 25.6. The number of hydrogen-bond donors (Lipinski definition) is 5. The number of aliphatic hydroxyl groups is 4. The number of aliphatic hydroxyl groups excluding tert-OH is 3. The van der Waals surface area contributed by atoms with Crippen molar-refractivity contribution in [2.45, 2.75) is 56.1 Å². The van der Waals surface area contributed by atoms with Gasteiger partial charge in [0.25, 0.3) is 0 Å². The van der Waals surface area contributed by atoms with Crippen molar-refractivity contribution >= 4 is 17.9 Å². The molecule has 0 amide bonds. The van der Waals surface area contributed by atoms with Gasteiger partial charge < -0.3 is 49.2 Å². The molecule has 0 aromatic heterocycles. The molecule has 1 aromatic carbocycles. The second-order valence-electron chi connectivity index (χ2n) is 7.92. The van der Waals surface area contributed by atoms with E-state index in [9.17, 15) is 34.8 Å². The van der Waals surface area contributed by atoms with Crippen LogP contribution in [-0.4, -0.2) is 101 Å². The van der Waals surface area contributed by atoms with Gasteiger partial charge in [0.15, 0.2) is 11.5 Å². The highest BCUT2D eigenvalue weighted by atomic mass is 16.7. The van der Waals surface area contributed by atoms with Gasteiger partial charge in [-0.25, -0.2) is 4.79 Å². The van der Waals surface area contributed by atoms with Crippen molar-refractivity contribution < 1.29 is 63.6 Å². The van der Waals surface area contributed by atoms with Crippen LogP contribution in [0.4, 0.5) is 0 Å². The third-order valence-electron chi connectivity index (χ3n) is 4.96. The maximum Gasteiger partial charge on any atom is 0.337 e. The lowest BCUT2D eigenvalue weighted by molar-refractivity contribution is -0.278. The monoisotopic (exact) mass is 488 g/mol. The summed E-state index contributed by atoms with van der Waals surface area (Å²) in [6, 6.07) is 4.04. The van der Waals surface area contributed by atoms with Crippen molar-refractivity contribution in [2.24, 2.45) is 0 Å². The fourth-order valence-corrected chi connectivity index (χ4v) is 3.21. The lowest BCUT2D eigenvalue weighted by Gasteiger charge is -2.40. The molecule has 0 unspecified atom stereocenters. The lowest BCUT2D eigenvalue weighted by atomic mass is 9.98. The Morgan fingerprint density at radius 2 is 1.71 bits per heavy atom. The SMILES string of the molecule is COC(=O)c1ccc(O[C@@H]2O[C@H](COC(=O)C[C@@](C)(O)CC(=O)O)[C@@H](O)[C@H](O)[C@H]2O)c(OC)c1. The first-order valence-corrected chi connectivity index (χ1v) is 10.1. The smallest absolute Gasteiger partial charge is 0.337 e. The Morgan fingerprint density at radius 1 is 1.03 bits per heavy atom. The Bertz CT molecular complexity index is 883. The second kappa shape index (κ2) is 11.4. The third kappa shape index (κ3) is 7.01. The van der Waals surface area contributed by atoms with Crippen molar-refractivity contribution in [2.75, 3.05) is 20.8 Å². The number of ether oxygens (including phenoxy) is 5. The molecule has 13 heteroatoms. The number of hydrogen-bond acceptors (Lipinski definition) is 12. The molecule has 34 heavy (non-hydrogen) atoms. The van der Waals surface area contributed by atoms with E-state index < -0.39 is 73.7 Å². The molecule has 1 saturated heterocycles. The molecule has 6 atom stereocenters. The molecule has 1 aliphatic rings. The van der Waals surface area contributed by atoms with Crippen LogP contribution in [0.15, 0.2) is 18.2 Å². The van der Waals surface area contributed by atoms with Gasteiger partial charge in [0.05, 0.1) is 38.2 Å². The van der Waals surface area contributed by atoms with E-state index in [0.717, 1.165) is 6.92 Å². The molecule has 1 aliphatic heterocycles. The van der Waals surface area contributed by atoms with Crippen LogP contribution in [0.25, 0.3) is 0 Å². The van der Waals surface area contributed by atoms with E-state index in [1.807, 2.05) is 0 Å². The zero-order valence-electron chi connectivity index (χ0n) is 18.7. The van der Waals surface area contributed by atoms with Gasteiger partial charge in [-0.15, -0.1) is 0 Å². The Morgan fingerprint density at radius 3 is 2.29 bits per heavy atom. The van der Waals surface area contributed by atoms with Crippen molar-refractivity contribution in [3.8, 4) is 11.5 Å². The number of carbonyl (C=O) groups is 3. The summed E-state index contributed by atoms with van der Waals surface area (Å²) >= 11 is 0. The highest BCUT2D eigenvalue weighted by molar-refractivity contribution is 5.90. The summed E-state index contributed by atoms with van der Waals surface area (Å²) in [5.74, 6) is -2.79. The summed E-state index contributed by atoms with van der Waals surface area (Å²) in [6.07, 6.45) is -9.31. The predicted octanol–water partition coefficient (Wildman–Crippen LogP) is -1.17. The fourth-order valence-electron chi connectivity index (χ4n) is 3.21. The molecule has 0 aliphatic carbocycles. The molecule has 0 radical (unpaired) electrons. The number of methoxy groups -OCH3 is 2. The maximum atomic E-state index is 12.0. The summed E-state index contributed by atoms with van der Waals surface area (Å²) in [5, 5.41) is 49.4. The van der Waals surface area contributed by atoms with Crippen LogP contribution in [0.3, 0.4) is 0 Å². The van der Waals surface area contributed by atoms with Crippen LogP contribution in [0.1, 0.15) is 30.1 Å². The highest BCUT2D eigenvalue weighted by Crippen LogP contribution is 2.32. The van der Waals surface area contributed by atoms with Gasteiger partial charge in [0.2, 0.25) is 6.29 Å². The molecular weight excluding hydrogens is 460 g/mol. The van der Waals surface area contributed by atoms with E-state index in [0.29, 0.717) is 0 Å². The average Bonchev–Trinajstić information content (AvgIpc) is 2.76. The second-order valence-corrected chi connectivity index (χ2v) is 7.92. The van der Waals surface area contributed by atoms with Gasteiger partial charge in [0.1, 0.15) is 31.0 Å². The molecule has 0 saturated carbocycles. The largest absolute Gasteiger partial charge is 0.493 e. The molecule has 0 bridgehead atoms.